The zero-order valence-corrected chi connectivity index (χ0v) is 19.7. The minimum absolute atomic E-state index is 0.216. The van der Waals surface area contributed by atoms with E-state index in [-0.39, 0.29) is 6.04 Å². The van der Waals surface area contributed by atoms with Gasteiger partial charge in [-0.3, -0.25) is 0 Å². The molecule has 1 aliphatic carbocycles. The van der Waals surface area contributed by atoms with Crippen molar-refractivity contribution >= 4 is 17.1 Å². The van der Waals surface area contributed by atoms with Crippen molar-refractivity contribution in [3.8, 4) is 0 Å². The first kappa shape index (κ1) is 22.7. The quantitative estimate of drug-likeness (QED) is 0.551. The van der Waals surface area contributed by atoms with E-state index in [1.165, 1.54) is 17.6 Å². The molecule has 5 nitrogen and oxygen atoms in total. The summed E-state index contributed by atoms with van der Waals surface area (Å²) in [6.07, 6.45) is 18.4. The first-order valence-electron chi connectivity index (χ1n) is 12.0. The standard InChI is InChI=1S/C28H35N5/c1-3-4-9-26(29)33(28-11-6-8-21-31-28)25-18-14-23(15-19-25)22-12-16-24(17-13-22)32(2)27-10-5-7-20-30-27/h5,7,9-18,20,25,31H,3-4,6,8,19,21,29H2,1-2H3/b26-9+. The van der Waals surface area contributed by atoms with Gasteiger partial charge in [-0.05, 0) is 73.2 Å². The van der Waals surface area contributed by atoms with Crippen LogP contribution < -0.4 is 16.0 Å². The van der Waals surface area contributed by atoms with Crippen molar-refractivity contribution in [2.45, 2.75) is 45.1 Å². The van der Waals surface area contributed by atoms with Gasteiger partial charge in [0.2, 0.25) is 0 Å². The summed E-state index contributed by atoms with van der Waals surface area (Å²) in [6, 6.07) is 14.8. The number of nitrogens with two attached hydrogens (primary N) is 1. The Morgan fingerprint density at radius 3 is 2.67 bits per heavy atom. The number of allylic oxidation sites excluding steroid dienone is 4. The Labute approximate surface area is 198 Å². The number of aromatic nitrogens is 1. The van der Waals surface area contributed by atoms with Crippen LogP contribution in [0.5, 0.6) is 0 Å². The lowest BCUT2D eigenvalue weighted by atomic mass is 9.96. The Morgan fingerprint density at radius 2 is 2.03 bits per heavy atom. The van der Waals surface area contributed by atoms with Crippen molar-refractivity contribution in [2.24, 2.45) is 5.73 Å². The smallest absolute Gasteiger partial charge is 0.132 e. The molecule has 1 unspecified atom stereocenters. The lowest BCUT2D eigenvalue weighted by molar-refractivity contribution is 0.323. The molecule has 172 valence electrons. The highest BCUT2D eigenvalue weighted by Gasteiger charge is 2.23. The third-order valence-electron chi connectivity index (χ3n) is 6.19. The van der Waals surface area contributed by atoms with Gasteiger partial charge in [0.25, 0.3) is 0 Å². The normalized spacial score (nSPS) is 18.2. The largest absolute Gasteiger partial charge is 0.385 e. The van der Waals surface area contributed by atoms with Gasteiger partial charge >= 0.3 is 0 Å². The Hall–Kier alpha value is -3.47. The average molecular weight is 442 g/mol. The molecule has 0 spiro atoms. The van der Waals surface area contributed by atoms with Crippen LogP contribution in [0.4, 0.5) is 11.5 Å². The van der Waals surface area contributed by atoms with Crippen LogP contribution >= 0.6 is 0 Å². The van der Waals surface area contributed by atoms with E-state index in [2.05, 4.69) is 81.7 Å². The van der Waals surface area contributed by atoms with Crippen molar-refractivity contribution in [1.82, 2.24) is 15.2 Å². The molecule has 4 rings (SSSR count). The third kappa shape index (κ3) is 5.48. The van der Waals surface area contributed by atoms with E-state index < -0.39 is 0 Å². The van der Waals surface area contributed by atoms with Crippen LogP contribution in [0.25, 0.3) is 5.57 Å². The fourth-order valence-electron chi connectivity index (χ4n) is 4.29. The highest BCUT2D eigenvalue weighted by molar-refractivity contribution is 5.76. The molecule has 0 bridgehead atoms. The second-order valence-corrected chi connectivity index (χ2v) is 8.56. The van der Waals surface area contributed by atoms with E-state index in [4.69, 9.17) is 5.73 Å². The van der Waals surface area contributed by atoms with Crippen LogP contribution in [0.15, 0.2) is 90.7 Å². The predicted octanol–water partition coefficient (Wildman–Crippen LogP) is 5.69. The lowest BCUT2D eigenvalue weighted by Gasteiger charge is -2.36. The molecule has 0 fully saturated rings. The van der Waals surface area contributed by atoms with Gasteiger partial charge in [0.05, 0.1) is 6.04 Å². The highest BCUT2D eigenvalue weighted by Crippen LogP contribution is 2.29. The van der Waals surface area contributed by atoms with E-state index in [0.717, 1.165) is 55.4 Å². The number of hydrogen-bond acceptors (Lipinski definition) is 5. The van der Waals surface area contributed by atoms with Gasteiger partial charge in [-0.1, -0.05) is 49.8 Å². The van der Waals surface area contributed by atoms with Gasteiger partial charge in [-0.15, -0.1) is 0 Å². The average Bonchev–Trinajstić information content (AvgIpc) is 2.89. The number of pyridine rings is 1. The molecule has 1 atom stereocenters. The molecule has 0 saturated carbocycles. The molecule has 0 amide bonds. The van der Waals surface area contributed by atoms with Crippen molar-refractivity contribution in [3.05, 3.63) is 96.2 Å². The van der Waals surface area contributed by atoms with E-state index >= 15 is 0 Å². The summed E-state index contributed by atoms with van der Waals surface area (Å²) in [7, 11) is 2.04. The fourth-order valence-corrected chi connectivity index (χ4v) is 4.29. The third-order valence-corrected chi connectivity index (χ3v) is 6.19. The van der Waals surface area contributed by atoms with Crippen molar-refractivity contribution < 1.29 is 0 Å². The Morgan fingerprint density at radius 1 is 1.18 bits per heavy atom. The maximum absolute atomic E-state index is 6.55. The maximum atomic E-state index is 6.55. The number of nitrogens with zero attached hydrogens (tertiary/aromatic N) is 3. The molecule has 2 heterocycles. The molecule has 5 heteroatoms. The monoisotopic (exact) mass is 441 g/mol. The van der Waals surface area contributed by atoms with Crippen LogP contribution in [0, 0.1) is 0 Å². The number of rotatable bonds is 8. The summed E-state index contributed by atoms with van der Waals surface area (Å²) in [6.45, 7) is 3.18. The molecule has 1 aromatic carbocycles. The molecule has 1 aliphatic heterocycles. The first-order valence-corrected chi connectivity index (χ1v) is 12.0. The van der Waals surface area contributed by atoms with Crippen molar-refractivity contribution in [2.75, 3.05) is 18.5 Å². The molecule has 0 saturated heterocycles. The Kier molecular flexibility index (Phi) is 7.51. The molecule has 2 aliphatic rings. The van der Waals surface area contributed by atoms with Crippen LogP contribution in [0.2, 0.25) is 0 Å². The van der Waals surface area contributed by atoms with Gasteiger partial charge in [-0.25, -0.2) is 4.98 Å². The Bertz CT molecular complexity index is 1030. The molecule has 2 aromatic rings. The van der Waals surface area contributed by atoms with Crippen molar-refractivity contribution in [1.29, 1.82) is 0 Å². The van der Waals surface area contributed by atoms with E-state index in [1.54, 1.807) is 0 Å². The summed E-state index contributed by atoms with van der Waals surface area (Å²) in [5.41, 5.74) is 10.1. The van der Waals surface area contributed by atoms with Gasteiger partial charge in [-0.2, -0.15) is 0 Å². The number of unbranched alkanes of at least 4 members (excludes halogenated alkanes) is 1. The summed E-state index contributed by atoms with van der Waals surface area (Å²) in [5.74, 6) is 2.91. The van der Waals surface area contributed by atoms with Crippen LogP contribution in [-0.4, -0.2) is 29.5 Å². The molecular weight excluding hydrogens is 406 g/mol. The minimum Gasteiger partial charge on any atom is -0.385 e. The molecular formula is C28H35N5. The van der Waals surface area contributed by atoms with E-state index in [1.807, 2.05) is 31.4 Å². The first-order chi connectivity index (χ1) is 16.2. The SMILES string of the molecule is CCC/C=C(\N)N(C1=CCCCN1)C1C=CC(c2ccc(N(C)c3ccccn3)cc2)=CC1. The number of anilines is 2. The minimum atomic E-state index is 0.216. The van der Waals surface area contributed by atoms with Crippen LogP contribution in [-0.2, 0) is 0 Å². The van der Waals surface area contributed by atoms with E-state index in [0.29, 0.717) is 0 Å². The topological polar surface area (TPSA) is 57.4 Å². The summed E-state index contributed by atoms with van der Waals surface area (Å²) < 4.78 is 0. The fraction of sp³-hybridized carbons (Fsp3) is 0.321. The second kappa shape index (κ2) is 10.9. The second-order valence-electron chi connectivity index (χ2n) is 8.56. The zero-order valence-electron chi connectivity index (χ0n) is 19.7. The van der Waals surface area contributed by atoms with Gasteiger partial charge in [0.1, 0.15) is 17.5 Å². The number of benzene rings is 1. The zero-order chi connectivity index (χ0) is 23.0. The summed E-state index contributed by atoms with van der Waals surface area (Å²) in [4.78, 5) is 8.80. The summed E-state index contributed by atoms with van der Waals surface area (Å²) in [5, 5.41) is 3.55. The van der Waals surface area contributed by atoms with E-state index in [9.17, 15) is 0 Å². The van der Waals surface area contributed by atoms with Crippen LogP contribution in [0.3, 0.4) is 0 Å². The lowest BCUT2D eigenvalue weighted by Crippen LogP contribution is -2.42. The number of hydrogen-bond donors (Lipinski definition) is 2. The predicted molar refractivity (Wildman–Crippen MR) is 139 cm³/mol. The molecule has 3 N–H and O–H groups in total. The summed E-state index contributed by atoms with van der Waals surface area (Å²) >= 11 is 0. The van der Waals surface area contributed by atoms with Crippen molar-refractivity contribution in [3.63, 3.8) is 0 Å². The van der Waals surface area contributed by atoms with Gasteiger partial charge < -0.3 is 20.9 Å². The Balaban J connectivity index is 1.48. The van der Waals surface area contributed by atoms with Gasteiger partial charge in [0.15, 0.2) is 0 Å². The molecule has 33 heavy (non-hydrogen) atoms. The molecule has 0 radical (unpaired) electrons. The number of nitrogens with one attached hydrogen (secondary N) is 1. The van der Waals surface area contributed by atoms with Crippen LogP contribution in [0.1, 0.15) is 44.6 Å². The molecule has 1 aromatic heterocycles. The van der Waals surface area contributed by atoms with Gasteiger partial charge in [0, 0.05) is 25.5 Å². The highest BCUT2D eigenvalue weighted by atomic mass is 15.3. The maximum Gasteiger partial charge on any atom is 0.132 e.